The van der Waals surface area contributed by atoms with Gasteiger partial charge in [-0.25, -0.2) is 0 Å². The summed E-state index contributed by atoms with van der Waals surface area (Å²) in [6.07, 6.45) is 15.1. The molecule has 1 spiro atoms. The van der Waals surface area contributed by atoms with Crippen molar-refractivity contribution in [2.24, 2.45) is 51.8 Å². The summed E-state index contributed by atoms with van der Waals surface area (Å²) < 4.78 is 13.5. The highest BCUT2D eigenvalue weighted by atomic mass is 16.7. The van der Waals surface area contributed by atoms with Crippen LogP contribution in [-0.4, -0.2) is 18.5 Å². The summed E-state index contributed by atoms with van der Waals surface area (Å²) in [6.45, 7) is 15.9. The van der Waals surface area contributed by atoms with Crippen LogP contribution in [0.4, 0.5) is 0 Å². The molecule has 6 aliphatic rings. The van der Waals surface area contributed by atoms with E-state index in [4.69, 9.17) is 9.47 Å². The maximum atomic E-state index is 6.99. The van der Waals surface area contributed by atoms with E-state index in [-0.39, 0.29) is 5.79 Å². The third-order valence-electron chi connectivity index (χ3n) is 12.2. The lowest BCUT2D eigenvalue weighted by Crippen LogP contribution is -2.51. The van der Waals surface area contributed by atoms with Gasteiger partial charge in [0.05, 0.1) is 12.7 Å². The zero-order valence-electron chi connectivity index (χ0n) is 21.0. The molecule has 6 rings (SSSR count). The summed E-state index contributed by atoms with van der Waals surface area (Å²) in [5.41, 5.74) is 3.05. The Balaban J connectivity index is 1.28. The Hall–Kier alpha value is -0.340. The van der Waals surface area contributed by atoms with Crippen LogP contribution in [0.1, 0.15) is 99.3 Å². The average Bonchev–Trinajstić information content (AvgIpc) is 3.32. The van der Waals surface area contributed by atoms with Gasteiger partial charge in [0, 0.05) is 12.3 Å². The van der Waals surface area contributed by atoms with Crippen LogP contribution in [0.15, 0.2) is 11.6 Å². The topological polar surface area (TPSA) is 18.5 Å². The van der Waals surface area contributed by atoms with E-state index < -0.39 is 0 Å². The second-order valence-electron chi connectivity index (χ2n) is 13.8. The summed E-state index contributed by atoms with van der Waals surface area (Å²) in [7, 11) is 0. The van der Waals surface area contributed by atoms with E-state index in [2.05, 4.69) is 47.6 Å². The van der Waals surface area contributed by atoms with Crippen molar-refractivity contribution in [1.82, 2.24) is 0 Å². The predicted octanol–water partition coefficient (Wildman–Crippen LogP) is 7.38. The second-order valence-corrected chi connectivity index (χ2v) is 13.8. The lowest BCUT2D eigenvalue weighted by molar-refractivity contribution is -0.220. The molecular formula is C29H46O2. The SMILES string of the molecule is CCC1(C)COC2(C1)OC1CC3C4CC=C5CC(C)CCC5(C)C4CCC3(C)C1C2C. The van der Waals surface area contributed by atoms with Gasteiger partial charge in [-0.3, -0.25) is 0 Å². The minimum absolute atomic E-state index is 0.294. The lowest BCUT2D eigenvalue weighted by Gasteiger charge is -2.58. The van der Waals surface area contributed by atoms with Gasteiger partial charge in [0.1, 0.15) is 0 Å². The summed E-state index contributed by atoms with van der Waals surface area (Å²) in [5.74, 6) is 4.43. The largest absolute Gasteiger partial charge is 0.349 e. The molecule has 0 aromatic carbocycles. The van der Waals surface area contributed by atoms with Gasteiger partial charge in [-0.15, -0.1) is 0 Å². The maximum Gasteiger partial charge on any atom is 0.172 e. The molecule has 11 unspecified atom stereocenters. The Bertz CT molecular complexity index is 788. The fourth-order valence-corrected chi connectivity index (χ4v) is 10.1. The van der Waals surface area contributed by atoms with Gasteiger partial charge in [-0.1, -0.05) is 53.2 Å². The van der Waals surface area contributed by atoms with E-state index in [0.717, 1.165) is 36.7 Å². The van der Waals surface area contributed by atoms with Gasteiger partial charge in [0.25, 0.3) is 0 Å². The highest BCUT2D eigenvalue weighted by Crippen LogP contribution is 2.71. The summed E-state index contributed by atoms with van der Waals surface area (Å²) >= 11 is 0. The molecule has 11 atom stereocenters. The number of hydrogen-bond donors (Lipinski definition) is 0. The van der Waals surface area contributed by atoms with E-state index in [0.29, 0.717) is 34.2 Å². The van der Waals surface area contributed by atoms with Crippen LogP contribution in [0.25, 0.3) is 0 Å². The fourth-order valence-electron chi connectivity index (χ4n) is 10.1. The average molecular weight is 427 g/mol. The van der Waals surface area contributed by atoms with Crippen molar-refractivity contribution >= 4 is 0 Å². The molecule has 2 heterocycles. The van der Waals surface area contributed by atoms with Crippen molar-refractivity contribution in [3.8, 4) is 0 Å². The van der Waals surface area contributed by atoms with Gasteiger partial charge in [0.15, 0.2) is 5.79 Å². The molecule has 2 aliphatic heterocycles. The number of hydrogen-bond acceptors (Lipinski definition) is 2. The molecule has 2 heteroatoms. The van der Waals surface area contributed by atoms with Gasteiger partial charge in [-0.2, -0.15) is 0 Å². The molecular weight excluding hydrogens is 380 g/mol. The smallest absolute Gasteiger partial charge is 0.172 e. The first-order valence-electron chi connectivity index (χ1n) is 13.7. The molecule has 4 aliphatic carbocycles. The van der Waals surface area contributed by atoms with Gasteiger partial charge in [-0.05, 0) is 97.2 Å². The molecule has 0 N–H and O–H groups in total. The first kappa shape index (κ1) is 21.2. The Kier molecular flexibility index (Phi) is 4.53. The molecule has 0 radical (unpaired) electrons. The second kappa shape index (κ2) is 6.62. The summed E-state index contributed by atoms with van der Waals surface area (Å²) in [5, 5.41) is 0. The number of fused-ring (bicyclic) bond motifs is 7. The Labute approximate surface area is 190 Å². The lowest BCUT2D eigenvalue weighted by atomic mass is 9.46. The standard InChI is InChI=1S/C29H46O2/c1-7-26(4)16-29(30-17-26)19(3)25-24(31-29)15-23-21-9-8-20-14-18(2)10-12-27(20,5)22(21)11-13-28(23,25)6/h8,18-19,21-25H,7,9-17H2,1-6H3. The van der Waals surface area contributed by atoms with E-state index in [1.54, 1.807) is 0 Å². The monoisotopic (exact) mass is 426 g/mol. The molecule has 3 saturated carbocycles. The normalized spacial score (nSPS) is 60.3. The molecule has 0 amide bonds. The molecule has 5 fully saturated rings. The van der Waals surface area contributed by atoms with E-state index in [9.17, 15) is 0 Å². The first-order valence-corrected chi connectivity index (χ1v) is 13.7. The number of rotatable bonds is 1. The predicted molar refractivity (Wildman–Crippen MR) is 125 cm³/mol. The molecule has 2 nitrogen and oxygen atoms in total. The van der Waals surface area contributed by atoms with Crippen molar-refractivity contribution in [2.45, 2.75) is 111 Å². The van der Waals surface area contributed by atoms with E-state index >= 15 is 0 Å². The van der Waals surface area contributed by atoms with E-state index in [1.807, 2.05) is 5.57 Å². The minimum Gasteiger partial charge on any atom is -0.349 e. The Morgan fingerprint density at radius 3 is 2.61 bits per heavy atom. The van der Waals surface area contributed by atoms with Gasteiger partial charge < -0.3 is 9.47 Å². The first-order chi connectivity index (χ1) is 14.6. The zero-order chi connectivity index (χ0) is 21.8. The van der Waals surface area contributed by atoms with Crippen molar-refractivity contribution in [3.63, 3.8) is 0 Å². The van der Waals surface area contributed by atoms with Crippen LogP contribution in [-0.2, 0) is 9.47 Å². The van der Waals surface area contributed by atoms with Crippen molar-refractivity contribution < 1.29 is 9.47 Å². The quantitative estimate of drug-likeness (QED) is 0.407. The Morgan fingerprint density at radius 1 is 1.06 bits per heavy atom. The van der Waals surface area contributed by atoms with Crippen LogP contribution in [0.2, 0.25) is 0 Å². The molecule has 174 valence electrons. The molecule has 0 bridgehead atoms. The van der Waals surface area contributed by atoms with Crippen LogP contribution in [0.5, 0.6) is 0 Å². The number of allylic oxidation sites excluding steroid dienone is 2. The zero-order valence-corrected chi connectivity index (χ0v) is 21.0. The third kappa shape index (κ3) is 2.70. The third-order valence-corrected chi connectivity index (χ3v) is 12.2. The molecule has 0 aromatic heterocycles. The number of ether oxygens (including phenoxy) is 2. The van der Waals surface area contributed by atoms with Crippen LogP contribution < -0.4 is 0 Å². The fraction of sp³-hybridized carbons (Fsp3) is 0.931. The van der Waals surface area contributed by atoms with Gasteiger partial charge in [0.2, 0.25) is 0 Å². The summed E-state index contributed by atoms with van der Waals surface area (Å²) in [4.78, 5) is 0. The highest BCUT2D eigenvalue weighted by Gasteiger charge is 2.70. The molecule has 2 saturated heterocycles. The van der Waals surface area contributed by atoms with Crippen LogP contribution in [0, 0.1) is 51.8 Å². The Morgan fingerprint density at radius 2 is 1.87 bits per heavy atom. The highest BCUT2D eigenvalue weighted by molar-refractivity contribution is 5.26. The van der Waals surface area contributed by atoms with Crippen LogP contribution in [0.3, 0.4) is 0 Å². The molecule has 31 heavy (non-hydrogen) atoms. The van der Waals surface area contributed by atoms with E-state index in [1.165, 1.54) is 51.4 Å². The minimum atomic E-state index is -0.296. The van der Waals surface area contributed by atoms with Crippen molar-refractivity contribution in [3.05, 3.63) is 11.6 Å². The summed E-state index contributed by atoms with van der Waals surface area (Å²) in [6, 6.07) is 0. The maximum absolute atomic E-state index is 6.99. The van der Waals surface area contributed by atoms with Crippen molar-refractivity contribution in [2.75, 3.05) is 6.61 Å². The van der Waals surface area contributed by atoms with Gasteiger partial charge >= 0.3 is 0 Å². The van der Waals surface area contributed by atoms with Crippen LogP contribution >= 0.6 is 0 Å². The van der Waals surface area contributed by atoms with Crippen molar-refractivity contribution in [1.29, 1.82) is 0 Å². The molecule has 0 aromatic rings.